The van der Waals surface area contributed by atoms with Gasteiger partial charge in [-0.3, -0.25) is 9.59 Å². The summed E-state index contributed by atoms with van der Waals surface area (Å²) in [7, 11) is 0. The quantitative estimate of drug-likeness (QED) is 0.679. The number of ether oxygens (including phenoxy) is 3. The van der Waals surface area contributed by atoms with Crippen molar-refractivity contribution < 1.29 is 23.8 Å². The van der Waals surface area contributed by atoms with Crippen molar-refractivity contribution in [1.82, 2.24) is 10.6 Å². The van der Waals surface area contributed by atoms with E-state index in [2.05, 4.69) is 10.6 Å². The van der Waals surface area contributed by atoms with E-state index in [9.17, 15) is 9.59 Å². The Labute approximate surface area is 182 Å². The highest BCUT2D eigenvalue weighted by atomic mass is 16.5. The number of carbonyl (C=O) groups is 2. The molecule has 7 heteroatoms. The number of hydrogen-bond donors (Lipinski definition) is 2. The fraction of sp³-hybridized carbons (Fsp3) is 0.417. The molecule has 0 spiro atoms. The number of carbonyl (C=O) groups excluding carboxylic acids is 2. The molecule has 2 atom stereocenters. The van der Waals surface area contributed by atoms with Crippen LogP contribution in [0.2, 0.25) is 0 Å². The minimum Gasteiger partial charge on any atom is -0.457 e. The Morgan fingerprint density at radius 2 is 1.16 bits per heavy atom. The van der Waals surface area contributed by atoms with Gasteiger partial charge in [-0.15, -0.1) is 0 Å². The van der Waals surface area contributed by atoms with Crippen molar-refractivity contribution in [1.29, 1.82) is 0 Å². The van der Waals surface area contributed by atoms with Crippen molar-refractivity contribution in [2.24, 2.45) is 0 Å². The SMILES string of the molecule is O=C(NC[C@@H]1CCCO1)c1ccc(Oc2ccc(C(=O)NC[C@@H]3CCCO3)cc2)cc1. The summed E-state index contributed by atoms with van der Waals surface area (Å²) in [6.07, 6.45) is 4.31. The molecule has 4 rings (SSSR count). The van der Waals surface area contributed by atoms with Crippen LogP contribution in [0.3, 0.4) is 0 Å². The van der Waals surface area contributed by atoms with Crippen LogP contribution >= 0.6 is 0 Å². The fourth-order valence-corrected chi connectivity index (χ4v) is 3.71. The second-order valence-corrected chi connectivity index (χ2v) is 7.84. The third-order valence-electron chi connectivity index (χ3n) is 5.50. The topological polar surface area (TPSA) is 85.9 Å². The lowest BCUT2D eigenvalue weighted by Gasteiger charge is -2.12. The number of hydrogen-bond acceptors (Lipinski definition) is 5. The Kier molecular flexibility index (Phi) is 7.17. The normalized spacial score (nSPS) is 20.4. The number of nitrogens with one attached hydrogen (secondary N) is 2. The van der Waals surface area contributed by atoms with Gasteiger partial charge in [0.2, 0.25) is 0 Å². The smallest absolute Gasteiger partial charge is 0.251 e. The van der Waals surface area contributed by atoms with Crippen LogP contribution in [0.5, 0.6) is 11.5 Å². The molecule has 0 radical (unpaired) electrons. The molecule has 0 saturated carbocycles. The summed E-state index contributed by atoms with van der Waals surface area (Å²) in [5.74, 6) is 0.985. The second-order valence-electron chi connectivity index (χ2n) is 7.84. The molecule has 31 heavy (non-hydrogen) atoms. The molecule has 7 nitrogen and oxygen atoms in total. The molecule has 2 amide bonds. The van der Waals surface area contributed by atoms with Gasteiger partial charge in [-0.25, -0.2) is 0 Å². The Balaban J connectivity index is 1.25. The molecule has 2 fully saturated rings. The first kappa shape index (κ1) is 21.3. The molecule has 2 aromatic rings. The second kappa shape index (κ2) is 10.4. The van der Waals surface area contributed by atoms with Gasteiger partial charge in [-0.2, -0.15) is 0 Å². The summed E-state index contributed by atoms with van der Waals surface area (Å²) < 4.78 is 16.9. The van der Waals surface area contributed by atoms with Gasteiger partial charge < -0.3 is 24.8 Å². The van der Waals surface area contributed by atoms with Crippen molar-refractivity contribution >= 4 is 11.8 Å². The molecule has 2 aliphatic rings. The van der Waals surface area contributed by atoms with E-state index < -0.39 is 0 Å². The highest BCUT2D eigenvalue weighted by Gasteiger charge is 2.17. The predicted octanol–water partition coefficient (Wildman–Crippen LogP) is 3.30. The van der Waals surface area contributed by atoms with E-state index in [4.69, 9.17) is 14.2 Å². The first-order valence-electron chi connectivity index (χ1n) is 10.8. The Hall–Kier alpha value is -2.90. The van der Waals surface area contributed by atoms with Gasteiger partial charge in [-0.05, 0) is 74.2 Å². The van der Waals surface area contributed by atoms with E-state index in [0.717, 1.165) is 38.9 Å². The molecule has 2 heterocycles. The van der Waals surface area contributed by atoms with Gasteiger partial charge in [0, 0.05) is 37.4 Å². The predicted molar refractivity (Wildman–Crippen MR) is 116 cm³/mol. The Morgan fingerprint density at radius 1 is 0.742 bits per heavy atom. The molecular weight excluding hydrogens is 396 g/mol. The molecule has 0 bridgehead atoms. The van der Waals surface area contributed by atoms with E-state index in [1.807, 2.05) is 0 Å². The summed E-state index contributed by atoms with van der Waals surface area (Å²) in [5.41, 5.74) is 1.15. The monoisotopic (exact) mass is 424 g/mol. The minimum atomic E-state index is -0.125. The molecule has 2 aromatic carbocycles. The van der Waals surface area contributed by atoms with Gasteiger partial charge in [0.1, 0.15) is 11.5 Å². The van der Waals surface area contributed by atoms with Crippen LogP contribution in [0.15, 0.2) is 48.5 Å². The fourth-order valence-electron chi connectivity index (χ4n) is 3.71. The maximum Gasteiger partial charge on any atom is 0.251 e. The van der Waals surface area contributed by atoms with E-state index in [-0.39, 0.29) is 24.0 Å². The number of rotatable bonds is 8. The third-order valence-corrected chi connectivity index (χ3v) is 5.50. The molecule has 0 unspecified atom stereocenters. The Morgan fingerprint density at radius 3 is 1.52 bits per heavy atom. The minimum absolute atomic E-state index is 0.118. The van der Waals surface area contributed by atoms with Crippen molar-refractivity contribution in [3.8, 4) is 11.5 Å². The number of amides is 2. The van der Waals surface area contributed by atoms with Gasteiger partial charge >= 0.3 is 0 Å². The van der Waals surface area contributed by atoms with E-state index in [1.54, 1.807) is 48.5 Å². The van der Waals surface area contributed by atoms with Crippen LogP contribution in [0, 0.1) is 0 Å². The van der Waals surface area contributed by atoms with Crippen LogP contribution in [-0.2, 0) is 9.47 Å². The zero-order valence-corrected chi connectivity index (χ0v) is 17.5. The number of benzene rings is 2. The maximum absolute atomic E-state index is 12.3. The summed E-state index contributed by atoms with van der Waals surface area (Å²) in [4.78, 5) is 24.5. The zero-order chi connectivity index (χ0) is 21.5. The van der Waals surface area contributed by atoms with Gasteiger partial charge in [0.15, 0.2) is 0 Å². The molecule has 2 aliphatic heterocycles. The lowest BCUT2D eigenvalue weighted by atomic mass is 10.2. The lowest BCUT2D eigenvalue weighted by molar-refractivity contribution is 0.0854. The van der Waals surface area contributed by atoms with Crippen molar-refractivity contribution in [2.75, 3.05) is 26.3 Å². The van der Waals surface area contributed by atoms with Crippen molar-refractivity contribution in [2.45, 2.75) is 37.9 Å². The summed E-state index contributed by atoms with van der Waals surface area (Å²) in [6, 6.07) is 13.9. The summed E-state index contributed by atoms with van der Waals surface area (Å²) >= 11 is 0. The summed E-state index contributed by atoms with van der Waals surface area (Å²) in [6.45, 7) is 2.61. The van der Waals surface area contributed by atoms with Crippen molar-refractivity contribution in [3.05, 3.63) is 59.7 Å². The molecule has 0 aromatic heterocycles. The Bertz CT molecular complexity index is 796. The molecule has 2 saturated heterocycles. The van der Waals surface area contributed by atoms with Crippen LogP contribution in [0.25, 0.3) is 0 Å². The average Bonchev–Trinajstić information content (AvgIpc) is 3.51. The molecule has 164 valence electrons. The summed E-state index contributed by atoms with van der Waals surface area (Å²) in [5, 5.41) is 5.81. The standard InChI is InChI=1S/C24H28N2O5/c27-23(25-15-21-3-1-13-29-21)17-5-9-19(10-6-17)31-20-11-7-18(8-12-20)24(28)26-16-22-4-2-14-30-22/h5-12,21-22H,1-4,13-16H2,(H,25,27)(H,26,28)/t21-,22-/m0/s1. The van der Waals surface area contributed by atoms with Crippen LogP contribution in [0.4, 0.5) is 0 Å². The van der Waals surface area contributed by atoms with E-state index >= 15 is 0 Å². The van der Waals surface area contributed by atoms with Gasteiger partial charge in [-0.1, -0.05) is 0 Å². The van der Waals surface area contributed by atoms with Crippen LogP contribution in [-0.4, -0.2) is 50.3 Å². The van der Waals surface area contributed by atoms with E-state index in [0.29, 0.717) is 35.7 Å². The van der Waals surface area contributed by atoms with Gasteiger partial charge in [0.25, 0.3) is 11.8 Å². The van der Waals surface area contributed by atoms with Crippen molar-refractivity contribution in [3.63, 3.8) is 0 Å². The zero-order valence-electron chi connectivity index (χ0n) is 17.5. The molecule has 2 N–H and O–H groups in total. The van der Waals surface area contributed by atoms with Gasteiger partial charge in [0.05, 0.1) is 12.2 Å². The first-order chi connectivity index (χ1) is 15.2. The van der Waals surface area contributed by atoms with Crippen LogP contribution < -0.4 is 15.4 Å². The maximum atomic E-state index is 12.3. The third kappa shape index (κ3) is 6.06. The lowest BCUT2D eigenvalue weighted by Crippen LogP contribution is -2.31. The van der Waals surface area contributed by atoms with E-state index in [1.165, 1.54) is 0 Å². The van der Waals surface area contributed by atoms with Crippen LogP contribution in [0.1, 0.15) is 46.4 Å². The highest BCUT2D eigenvalue weighted by Crippen LogP contribution is 2.22. The highest BCUT2D eigenvalue weighted by molar-refractivity contribution is 5.94. The largest absolute Gasteiger partial charge is 0.457 e. The first-order valence-corrected chi connectivity index (χ1v) is 10.8. The molecular formula is C24H28N2O5. The molecule has 0 aliphatic carbocycles. The average molecular weight is 424 g/mol.